The zero-order valence-electron chi connectivity index (χ0n) is 10.9. The molecule has 0 saturated heterocycles. The van der Waals surface area contributed by atoms with E-state index in [-0.39, 0.29) is 4.87 Å². The first-order valence-corrected chi connectivity index (χ1v) is 6.79. The van der Waals surface area contributed by atoms with Crippen molar-refractivity contribution in [2.45, 2.75) is 27.3 Å². The molecule has 0 aliphatic heterocycles. The first-order valence-electron chi connectivity index (χ1n) is 5.97. The van der Waals surface area contributed by atoms with Gasteiger partial charge in [0.2, 0.25) is 0 Å². The van der Waals surface area contributed by atoms with Crippen LogP contribution in [-0.2, 0) is 6.54 Å². The normalized spacial score (nSPS) is 10.6. The third-order valence-corrected chi connectivity index (χ3v) is 3.89. The van der Waals surface area contributed by atoms with Crippen molar-refractivity contribution in [2.75, 3.05) is 11.9 Å². The van der Waals surface area contributed by atoms with E-state index in [1.165, 1.54) is 11.3 Å². The number of aryl methyl sites for hydroxylation is 1. The lowest BCUT2D eigenvalue weighted by Crippen LogP contribution is -2.16. The zero-order chi connectivity index (χ0) is 13.1. The Hall–Kier alpha value is -1.62. The van der Waals surface area contributed by atoms with Crippen LogP contribution in [0.15, 0.2) is 23.1 Å². The van der Waals surface area contributed by atoms with Gasteiger partial charge in [-0.05, 0) is 32.9 Å². The molecule has 2 aromatic rings. The van der Waals surface area contributed by atoms with E-state index in [4.69, 9.17) is 0 Å². The van der Waals surface area contributed by atoms with Crippen molar-refractivity contribution in [1.82, 2.24) is 9.55 Å². The highest BCUT2D eigenvalue weighted by Crippen LogP contribution is 2.13. The summed E-state index contributed by atoms with van der Waals surface area (Å²) in [7, 11) is 0. The highest BCUT2D eigenvalue weighted by Gasteiger charge is 2.08. The number of anilines is 1. The third-order valence-electron chi connectivity index (χ3n) is 2.89. The quantitative estimate of drug-likeness (QED) is 0.921. The lowest BCUT2D eigenvalue weighted by molar-refractivity contribution is 0.732. The molecule has 96 valence electrons. The Balaban J connectivity index is 2.28. The summed E-state index contributed by atoms with van der Waals surface area (Å²) in [5.41, 5.74) is 2.97. The van der Waals surface area contributed by atoms with Crippen LogP contribution in [0.3, 0.4) is 0 Å². The minimum atomic E-state index is 0.0839. The molecule has 0 aliphatic carbocycles. The summed E-state index contributed by atoms with van der Waals surface area (Å²) in [5.74, 6) is 0. The predicted octanol–water partition coefficient (Wildman–Crippen LogP) is 2.40. The van der Waals surface area contributed by atoms with Crippen molar-refractivity contribution in [1.29, 1.82) is 0 Å². The van der Waals surface area contributed by atoms with E-state index in [1.54, 1.807) is 10.8 Å². The highest BCUT2D eigenvalue weighted by atomic mass is 32.1. The van der Waals surface area contributed by atoms with E-state index in [0.29, 0.717) is 6.54 Å². The van der Waals surface area contributed by atoms with Crippen LogP contribution in [0.2, 0.25) is 0 Å². The smallest absolute Gasteiger partial charge is 0.307 e. The Morgan fingerprint density at radius 2 is 2.22 bits per heavy atom. The van der Waals surface area contributed by atoms with Gasteiger partial charge in [0.1, 0.15) is 0 Å². The first-order chi connectivity index (χ1) is 8.61. The molecule has 0 spiro atoms. The fourth-order valence-electron chi connectivity index (χ4n) is 1.81. The van der Waals surface area contributed by atoms with Crippen molar-refractivity contribution >= 4 is 17.0 Å². The van der Waals surface area contributed by atoms with Crippen molar-refractivity contribution in [3.05, 3.63) is 44.3 Å². The fourth-order valence-corrected chi connectivity index (χ4v) is 2.64. The SMILES string of the molecule is CCNc1ccnc(Cn2c(C)c(C)sc2=O)c1. The minimum Gasteiger partial charge on any atom is -0.385 e. The Morgan fingerprint density at radius 3 is 2.83 bits per heavy atom. The van der Waals surface area contributed by atoms with E-state index >= 15 is 0 Å². The number of nitrogens with zero attached hydrogens (tertiary/aromatic N) is 2. The van der Waals surface area contributed by atoms with Crippen molar-refractivity contribution in [3.63, 3.8) is 0 Å². The lowest BCUT2D eigenvalue weighted by Gasteiger charge is -2.07. The monoisotopic (exact) mass is 263 g/mol. The number of rotatable bonds is 4. The molecular weight excluding hydrogens is 246 g/mol. The van der Waals surface area contributed by atoms with Crippen LogP contribution in [-0.4, -0.2) is 16.1 Å². The van der Waals surface area contributed by atoms with Crippen LogP contribution in [0.5, 0.6) is 0 Å². The van der Waals surface area contributed by atoms with Gasteiger partial charge in [0.15, 0.2) is 0 Å². The first kappa shape index (κ1) is 12.8. The van der Waals surface area contributed by atoms with Gasteiger partial charge in [-0.3, -0.25) is 14.3 Å². The maximum absolute atomic E-state index is 11.8. The molecule has 0 radical (unpaired) electrons. The summed E-state index contributed by atoms with van der Waals surface area (Å²) in [6.45, 7) is 7.41. The molecule has 4 nitrogen and oxygen atoms in total. The standard InChI is InChI=1S/C13H17N3OS/c1-4-14-11-5-6-15-12(7-11)8-16-9(2)10(3)18-13(16)17/h5-7H,4,8H2,1-3H3,(H,14,15). The van der Waals surface area contributed by atoms with Gasteiger partial charge in [0.05, 0.1) is 12.2 Å². The van der Waals surface area contributed by atoms with Gasteiger partial charge < -0.3 is 5.32 Å². The third kappa shape index (κ3) is 2.61. The number of hydrogen-bond acceptors (Lipinski definition) is 4. The molecule has 18 heavy (non-hydrogen) atoms. The second-order valence-corrected chi connectivity index (χ2v) is 5.33. The van der Waals surface area contributed by atoms with Gasteiger partial charge in [-0.2, -0.15) is 0 Å². The molecule has 0 unspecified atom stereocenters. The van der Waals surface area contributed by atoms with E-state index in [2.05, 4.69) is 17.2 Å². The van der Waals surface area contributed by atoms with Crippen LogP contribution in [0.4, 0.5) is 5.69 Å². The van der Waals surface area contributed by atoms with Crippen molar-refractivity contribution < 1.29 is 0 Å². The maximum Gasteiger partial charge on any atom is 0.307 e. The maximum atomic E-state index is 11.8. The molecule has 2 rings (SSSR count). The number of nitrogens with one attached hydrogen (secondary N) is 1. The van der Waals surface area contributed by atoms with Gasteiger partial charge in [-0.25, -0.2) is 0 Å². The molecule has 0 aromatic carbocycles. The molecule has 2 heterocycles. The molecule has 1 N–H and O–H groups in total. The van der Waals surface area contributed by atoms with Crippen LogP contribution in [0.25, 0.3) is 0 Å². The summed E-state index contributed by atoms with van der Waals surface area (Å²) in [4.78, 5) is 17.3. The summed E-state index contributed by atoms with van der Waals surface area (Å²) in [5, 5.41) is 3.24. The van der Waals surface area contributed by atoms with Crippen molar-refractivity contribution in [3.8, 4) is 0 Å². The Morgan fingerprint density at radius 1 is 1.44 bits per heavy atom. The number of thiazole rings is 1. The number of hydrogen-bond donors (Lipinski definition) is 1. The molecule has 0 aliphatic rings. The second kappa shape index (κ2) is 5.35. The number of aromatic nitrogens is 2. The summed E-state index contributed by atoms with van der Waals surface area (Å²) < 4.78 is 1.78. The van der Waals surface area contributed by atoms with Crippen LogP contribution >= 0.6 is 11.3 Å². The molecule has 0 amide bonds. The highest BCUT2D eigenvalue weighted by molar-refractivity contribution is 7.09. The molecule has 5 heteroatoms. The minimum absolute atomic E-state index is 0.0839. The summed E-state index contributed by atoms with van der Waals surface area (Å²) in [6, 6.07) is 3.92. The second-order valence-electron chi connectivity index (χ2n) is 4.16. The molecular formula is C13H17N3OS. The van der Waals surface area contributed by atoms with Gasteiger partial charge in [0, 0.05) is 29.0 Å². The van der Waals surface area contributed by atoms with E-state index in [9.17, 15) is 4.79 Å². The van der Waals surface area contributed by atoms with Crippen molar-refractivity contribution in [2.24, 2.45) is 0 Å². The van der Waals surface area contributed by atoms with Crippen LogP contribution < -0.4 is 10.2 Å². The Kier molecular flexibility index (Phi) is 3.81. The summed E-state index contributed by atoms with van der Waals surface area (Å²) in [6.07, 6.45) is 1.77. The average Bonchev–Trinajstić information content (AvgIpc) is 2.57. The van der Waals surface area contributed by atoms with Gasteiger partial charge in [0.25, 0.3) is 0 Å². The Labute approximate surface area is 110 Å². The number of pyridine rings is 1. The van der Waals surface area contributed by atoms with E-state index in [1.807, 2.05) is 26.0 Å². The average molecular weight is 263 g/mol. The van der Waals surface area contributed by atoms with E-state index < -0.39 is 0 Å². The molecule has 0 atom stereocenters. The van der Waals surface area contributed by atoms with Gasteiger partial charge in [-0.15, -0.1) is 0 Å². The molecule has 0 fully saturated rings. The summed E-state index contributed by atoms with van der Waals surface area (Å²) >= 11 is 1.29. The predicted molar refractivity (Wildman–Crippen MR) is 75.6 cm³/mol. The Bertz CT molecular complexity index is 601. The molecule has 0 bridgehead atoms. The molecule has 2 aromatic heterocycles. The van der Waals surface area contributed by atoms with Crippen LogP contribution in [0.1, 0.15) is 23.2 Å². The lowest BCUT2D eigenvalue weighted by atomic mass is 10.3. The molecule has 0 saturated carbocycles. The van der Waals surface area contributed by atoms with Crippen LogP contribution in [0, 0.1) is 13.8 Å². The van der Waals surface area contributed by atoms with E-state index in [0.717, 1.165) is 28.5 Å². The largest absolute Gasteiger partial charge is 0.385 e. The van der Waals surface area contributed by atoms with Gasteiger partial charge >= 0.3 is 4.87 Å². The zero-order valence-corrected chi connectivity index (χ0v) is 11.7. The fraction of sp³-hybridized carbons (Fsp3) is 0.385. The topological polar surface area (TPSA) is 46.9 Å². The van der Waals surface area contributed by atoms with Gasteiger partial charge in [-0.1, -0.05) is 11.3 Å².